The van der Waals surface area contributed by atoms with Crippen molar-refractivity contribution in [2.75, 3.05) is 5.88 Å². The Morgan fingerprint density at radius 1 is 1.12 bits per heavy atom. The Morgan fingerprint density at radius 3 is 2.58 bits per heavy atom. The fourth-order valence-electron chi connectivity index (χ4n) is 2.44. The first-order chi connectivity index (χ1) is 12.5. The van der Waals surface area contributed by atoms with Crippen molar-refractivity contribution in [2.45, 2.75) is 20.4 Å². The number of thiazole rings is 1. The topological polar surface area (TPSA) is 42.0 Å². The van der Waals surface area contributed by atoms with Crippen LogP contribution in [0, 0.1) is 5.41 Å². The summed E-state index contributed by atoms with van der Waals surface area (Å²) < 4.78 is 0. The Morgan fingerprint density at radius 2 is 1.85 bits per heavy atom. The molecule has 0 bridgehead atoms. The fourth-order valence-corrected chi connectivity index (χ4v) is 3.39. The summed E-state index contributed by atoms with van der Waals surface area (Å²) in [5, 5.41) is 6.00. The minimum Gasteiger partial charge on any atom is -0.352 e. The lowest BCUT2D eigenvalue weighted by molar-refractivity contribution is -0.128. The highest BCUT2D eigenvalue weighted by molar-refractivity contribution is 7.13. The van der Waals surface area contributed by atoms with Crippen molar-refractivity contribution >= 4 is 28.8 Å². The van der Waals surface area contributed by atoms with Crippen LogP contribution in [0.2, 0.25) is 0 Å². The van der Waals surface area contributed by atoms with E-state index in [1.54, 1.807) is 11.3 Å². The van der Waals surface area contributed by atoms with Crippen LogP contribution in [-0.2, 0) is 11.3 Å². The smallest absolute Gasteiger partial charge is 0.227 e. The molecular formula is C21H21ClN2OS. The summed E-state index contributed by atoms with van der Waals surface area (Å²) >= 11 is 7.48. The number of nitrogens with one attached hydrogen (secondary N) is 1. The van der Waals surface area contributed by atoms with E-state index < -0.39 is 5.41 Å². The lowest BCUT2D eigenvalue weighted by atomic mass is 9.95. The van der Waals surface area contributed by atoms with Crippen molar-refractivity contribution in [3.05, 3.63) is 65.5 Å². The van der Waals surface area contributed by atoms with Crippen LogP contribution in [0.25, 0.3) is 21.8 Å². The fraction of sp³-hybridized carbons (Fsp3) is 0.238. The van der Waals surface area contributed by atoms with Gasteiger partial charge in [0.25, 0.3) is 0 Å². The average Bonchev–Trinajstić information content (AvgIpc) is 3.17. The first-order valence-corrected chi connectivity index (χ1v) is 9.85. The third-order valence-electron chi connectivity index (χ3n) is 4.15. The van der Waals surface area contributed by atoms with E-state index in [0.29, 0.717) is 12.4 Å². The Bertz CT molecular complexity index is 890. The standard InChI is InChI=1S/C21H21ClN2OS/c1-21(2,14-22)20(25)23-12-15-7-6-10-17(11-15)19-24-18(13-26-19)16-8-4-3-5-9-16/h3-11,13H,12,14H2,1-2H3,(H,23,25). The second-order valence-electron chi connectivity index (χ2n) is 6.80. The number of hydrogen-bond donors (Lipinski definition) is 1. The third-order valence-corrected chi connectivity index (χ3v) is 5.71. The molecule has 0 saturated heterocycles. The van der Waals surface area contributed by atoms with Gasteiger partial charge in [-0.05, 0) is 25.5 Å². The number of alkyl halides is 1. The number of carbonyl (C=O) groups is 1. The lowest BCUT2D eigenvalue weighted by Crippen LogP contribution is -2.37. The van der Waals surface area contributed by atoms with E-state index in [9.17, 15) is 4.79 Å². The molecule has 0 aliphatic rings. The molecule has 0 unspecified atom stereocenters. The van der Waals surface area contributed by atoms with E-state index in [4.69, 9.17) is 16.6 Å². The molecule has 0 radical (unpaired) electrons. The van der Waals surface area contributed by atoms with Crippen molar-refractivity contribution in [2.24, 2.45) is 5.41 Å². The second kappa shape index (κ2) is 8.02. The molecule has 0 saturated carbocycles. The molecule has 1 aromatic heterocycles. The summed E-state index contributed by atoms with van der Waals surface area (Å²) in [5.74, 6) is 0.249. The van der Waals surface area contributed by atoms with Crippen LogP contribution in [0.15, 0.2) is 60.0 Å². The monoisotopic (exact) mass is 384 g/mol. The molecule has 2 aromatic carbocycles. The third kappa shape index (κ3) is 4.32. The normalized spacial score (nSPS) is 11.3. The molecule has 0 atom stereocenters. The highest BCUT2D eigenvalue weighted by atomic mass is 35.5. The van der Waals surface area contributed by atoms with Gasteiger partial charge in [0.05, 0.1) is 11.1 Å². The van der Waals surface area contributed by atoms with Gasteiger partial charge in [0, 0.05) is 28.9 Å². The maximum atomic E-state index is 12.2. The zero-order chi connectivity index (χ0) is 18.6. The SMILES string of the molecule is CC(C)(CCl)C(=O)NCc1cccc(-c2nc(-c3ccccc3)cs2)c1. The number of carbonyl (C=O) groups excluding carboxylic acids is 1. The van der Waals surface area contributed by atoms with Gasteiger partial charge in [-0.1, -0.05) is 48.5 Å². The van der Waals surface area contributed by atoms with Gasteiger partial charge in [-0.2, -0.15) is 0 Å². The molecule has 0 aliphatic carbocycles. The van der Waals surface area contributed by atoms with Crippen molar-refractivity contribution < 1.29 is 4.79 Å². The molecule has 134 valence electrons. The molecule has 1 N–H and O–H groups in total. The molecular weight excluding hydrogens is 364 g/mol. The van der Waals surface area contributed by atoms with Crippen molar-refractivity contribution in [1.82, 2.24) is 10.3 Å². The van der Waals surface area contributed by atoms with Gasteiger partial charge in [-0.25, -0.2) is 4.98 Å². The zero-order valence-electron chi connectivity index (χ0n) is 14.8. The van der Waals surface area contributed by atoms with Crippen molar-refractivity contribution in [3.63, 3.8) is 0 Å². The average molecular weight is 385 g/mol. The van der Waals surface area contributed by atoms with Gasteiger partial charge in [0.15, 0.2) is 0 Å². The zero-order valence-corrected chi connectivity index (χ0v) is 16.4. The summed E-state index contributed by atoms with van der Waals surface area (Å²) in [4.78, 5) is 16.9. The number of halogens is 1. The minimum atomic E-state index is -0.570. The van der Waals surface area contributed by atoms with Gasteiger partial charge < -0.3 is 5.32 Å². The van der Waals surface area contributed by atoms with Gasteiger partial charge in [-0.15, -0.1) is 22.9 Å². The largest absolute Gasteiger partial charge is 0.352 e. The predicted molar refractivity (Wildman–Crippen MR) is 109 cm³/mol. The van der Waals surface area contributed by atoms with E-state index in [-0.39, 0.29) is 5.91 Å². The first-order valence-electron chi connectivity index (χ1n) is 8.44. The molecule has 0 aliphatic heterocycles. The molecule has 3 aromatic rings. The van der Waals surface area contributed by atoms with Crippen LogP contribution in [0.3, 0.4) is 0 Å². The molecule has 26 heavy (non-hydrogen) atoms. The van der Waals surface area contributed by atoms with E-state index >= 15 is 0 Å². The summed E-state index contributed by atoms with van der Waals surface area (Å²) in [6, 6.07) is 18.3. The van der Waals surface area contributed by atoms with E-state index in [1.165, 1.54) is 0 Å². The molecule has 3 rings (SSSR count). The Kier molecular flexibility index (Phi) is 5.74. The van der Waals surface area contributed by atoms with E-state index in [0.717, 1.165) is 27.4 Å². The molecule has 1 heterocycles. The van der Waals surface area contributed by atoms with Gasteiger partial charge in [-0.3, -0.25) is 4.79 Å². The van der Waals surface area contributed by atoms with E-state index in [1.807, 2.05) is 50.2 Å². The molecule has 0 spiro atoms. The van der Waals surface area contributed by atoms with Crippen LogP contribution in [0.5, 0.6) is 0 Å². The number of hydrogen-bond acceptors (Lipinski definition) is 3. The van der Waals surface area contributed by atoms with Crippen LogP contribution in [0.4, 0.5) is 0 Å². The van der Waals surface area contributed by atoms with Crippen molar-refractivity contribution in [3.8, 4) is 21.8 Å². The quantitative estimate of drug-likeness (QED) is 0.581. The molecule has 3 nitrogen and oxygen atoms in total. The Labute approximate surface area is 163 Å². The summed E-state index contributed by atoms with van der Waals surface area (Å²) in [6.45, 7) is 4.16. The maximum absolute atomic E-state index is 12.2. The van der Waals surface area contributed by atoms with Crippen molar-refractivity contribution in [1.29, 1.82) is 0 Å². The molecule has 1 amide bonds. The number of benzene rings is 2. The predicted octanol–water partition coefficient (Wildman–Crippen LogP) is 5.36. The Balaban J connectivity index is 1.74. The summed E-state index contributed by atoms with van der Waals surface area (Å²) in [6.07, 6.45) is 0. The first kappa shape index (κ1) is 18.6. The highest BCUT2D eigenvalue weighted by Gasteiger charge is 2.25. The lowest BCUT2D eigenvalue weighted by Gasteiger charge is -2.20. The van der Waals surface area contributed by atoms with E-state index in [2.05, 4.69) is 28.9 Å². The number of nitrogens with zero attached hydrogens (tertiary/aromatic N) is 1. The second-order valence-corrected chi connectivity index (χ2v) is 7.93. The van der Waals surface area contributed by atoms with Gasteiger partial charge in [0.1, 0.15) is 5.01 Å². The van der Waals surface area contributed by atoms with Crippen LogP contribution in [0.1, 0.15) is 19.4 Å². The highest BCUT2D eigenvalue weighted by Crippen LogP contribution is 2.29. The van der Waals surface area contributed by atoms with Gasteiger partial charge in [0.2, 0.25) is 5.91 Å². The van der Waals surface area contributed by atoms with Crippen LogP contribution >= 0.6 is 22.9 Å². The minimum absolute atomic E-state index is 0.0430. The van der Waals surface area contributed by atoms with Gasteiger partial charge >= 0.3 is 0 Å². The molecule has 0 fully saturated rings. The summed E-state index contributed by atoms with van der Waals surface area (Å²) in [7, 11) is 0. The number of amides is 1. The summed E-state index contributed by atoms with van der Waals surface area (Å²) in [5.41, 5.74) is 3.62. The Hall–Kier alpha value is -2.17. The van der Waals surface area contributed by atoms with Crippen LogP contribution < -0.4 is 5.32 Å². The number of aromatic nitrogens is 1. The number of rotatable bonds is 6. The van der Waals surface area contributed by atoms with Crippen LogP contribution in [-0.4, -0.2) is 16.8 Å². The molecule has 5 heteroatoms. The maximum Gasteiger partial charge on any atom is 0.227 e.